The van der Waals surface area contributed by atoms with E-state index in [9.17, 15) is 48.6 Å². The SMILES string of the molecule is CC(C)C[C@H](NC(=O)[C@H](C)NC(=O)[C@@H](NC(=O)[C@H](CCC(N)=O)NC(=O)[C@@H](NC(=O)[C@@H](N)CO)[C@@H](C)O)[C@@H](C)O)C(=O)N[C@@H](C)C(=O)O. The zero-order chi connectivity index (χ0) is 37.5. The third-order valence-corrected chi connectivity index (χ3v) is 6.79. The Hall–Kier alpha value is -4.40. The zero-order valence-electron chi connectivity index (χ0n) is 27.8. The monoisotopic (exact) mass is 690 g/mol. The zero-order valence-corrected chi connectivity index (χ0v) is 27.8. The van der Waals surface area contributed by atoms with Gasteiger partial charge in [0.05, 0.1) is 18.8 Å². The molecule has 0 saturated heterocycles. The van der Waals surface area contributed by atoms with Crippen molar-refractivity contribution in [3.63, 3.8) is 0 Å². The van der Waals surface area contributed by atoms with Gasteiger partial charge in [-0.2, -0.15) is 0 Å². The van der Waals surface area contributed by atoms with Gasteiger partial charge < -0.3 is 63.8 Å². The Kier molecular flexibility index (Phi) is 18.9. The minimum absolute atomic E-state index is 0.103. The second kappa shape index (κ2) is 20.8. The molecule has 7 amide bonds. The minimum Gasteiger partial charge on any atom is -0.480 e. The number of hydrogen-bond acceptors (Lipinski definition) is 12. The molecule has 274 valence electrons. The molecule has 9 atom stereocenters. The fourth-order valence-electron chi connectivity index (χ4n) is 3.97. The molecule has 0 aromatic heterocycles. The van der Waals surface area contributed by atoms with Gasteiger partial charge in [0.2, 0.25) is 41.4 Å². The predicted molar refractivity (Wildman–Crippen MR) is 167 cm³/mol. The molecule has 0 aromatic rings. The van der Waals surface area contributed by atoms with Crippen LogP contribution in [0.3, 0.4) is 0 Å². The second-order valence-electron chi connectivity index (χ2n) is 11.8. The van der Waals surface area contributed by atoms with Gasteiger partial charge in [-0.1, -0.05) is 13.8 Å². The second-order valence-corrected chi connectivity index (χ2v) is 11.8. The summed E-state index contributed by atoms with van der Waals surface area (Å²) in [6.45, 7) is 7.54. The molecule has 0 bridgehead atoms. The van der Waals surface area contributed by atoms with Gasteiger partial charge in [0.15, 0.2) is 0 Å². The van der Waals surface area contributed by atoms with E-state index in [-0.39, 0.29) is 12.3 Å². The number of carbonyl (C=O) groups is 8. The number of nitrogens with one attached hydrogen (secondary N) is 6. The maximum absolute atomic E-state index is 13.2. The molecule has 0 heterocycles. The summed E-state index contributed by atoms with van der Waals surface area (Å²) in [6, 6.07) is -10.1. The topological polar surface area (TPSA) is 342 Å². The van der Waals surface area contributed by atoms with Crippen LogP contribution in [0.5, 0.6) is 0 Å². The van der Waals surface area contributed by atoms with E-state index in [1.54, 1.807) is 13.8 Å². The Morgan fingerprint density at radius 3 is 1.48 bits per heavy atom. The number of carboxylic acid groups (broad SMARTS) is 1. The average molecular weight is 691 g/mol. The van der Waals surface area contributed by atoms with E-state index in [4.69, 9.17) is 21.7 Å². The molecular formula is C28H50N8O12. The number of carboxylic acids is 1. The van der Waals surface area contributed by atoms with E-state index >= 15 is 0 Å². The van der Waals surface area contributed by atoms with E-state index in [0.29, 0.717) is 0 Å². The number of hydrogen-bond donors (Lipinski definition) is 12. The minimum atomic E-state index is -1.72. The third kappa shape index (κ3) is 15.5. The summed E-state index contributed by atoms with van der Waals surface area (Å²) >= 11 is 0. The van der Waals surface area contributed by atoms with E-state index in [0.717, 1.165) is 13.8 Å². The summed E-state index contributed by atoms with van der Waals surface area (Å²) in [5.74, 6) is -8.11. The van der Waals surface area contributed by atoms with Gasteiger partial charge in [-0.25, -0.2) is 0 Å². The van der Waals surface area contributed by atoms with Crippen LogP contribution in [0.25, 0.3) is 0 Å². The van der Waals surface area contributed by atoms with Crippen molar-refractivity contribution in [3.05, 3.63) is 0 Å². The van der Waals surface area contributed by atoms with Crippen LogP contribution in [0.2, 0.25) is 0 Å². The van der Waals surface area contributed by atoms with Crippen molar-refractivity contribution in [3.8, 4) is 0 Å². The Morgan fingerprint density at radius 1 is 0.604 bits per heavy atom. The first-order chi connectivity index (χ1) is 22.1. The summed E-state index contributed by atoms with van der Waals surface area (Å²) in [7, 11) is 0. The molecule has 0 fully saturated rings. The summed E-state index contributed by atoms with van der Waals surface area (Å²) in [5, 5.41) is 52.1. The molecule has 0 aliphatic heterocycles. The van der Waals surface area contributed by atoms with Crippen LogP contribution in [0.15, 0.2) is 0 Å². The van der Waals surface area contributed by atoms with E-state index in [1.807, 2.05) is 0 Å². The van der Waals surface area contributed by atoms with Crippen molar-refractivity contribution in [1.29, 1.82) is 0 Å². The quantitative estimate of drug-likeness (QED) is 0.0535. The Bertz CT molecular complexity index is 1170. The molecule has 48 heavy (non-hydrogen) atoms. The first-order valence-electron chi connectivity index (χ1n) is 15.2. The lowest BCUT2D eigenvalue weighted by molar-refractivity contribution is -0.142. The van der Waals surface area contributed by atoms with E-state index < -0.39 is 121 Å². The molecule has 14 N–H and O–H groups in total. The van der Waals surface area contributed by atoms with Gasteiger partial charge in [-0.15, -0.1) is 0 Å². The molecule has 0 rings (SSSR count). The Balaban J connectivity index is 5.85. The maximum Gasteiger partial charge on any atom is 0.325 e. The average Bonchev–Trinajstić information content (AvgIpc) is 2.98. The van der Waals surface area contributed by atoms with Gasteiger partial charge in [-0.05, 0) is 46.5 Å². The molecule has 20 heteroatoms. The first kappa shape index (κ1) is 43.6. The summed E-state index contributed by atoms with van der Waals surface area (Å²) in [6.07, 6.45) is -3.80. The van der Waals surface area contributed by atoms with Gasteiger partial charge in [-0.3, -0.25) is 38.4 Å². The molecule has 20 nitrogen and oxygen atoms in total. The Labute approximate surface area is 277 Å². The number of nitrogens with two attached hydrogens (primary N) is 2. The number of rotatable bonds is 21. The molecule has 0 aromatic carbocycles. The fourth-order valence-corrected chi connectivity index (χ4v) is 3.97. The van der Waals surface area contributed by atoms with Gasteiger partial charge in [0.1, 0.15) is 42.3 Å². The van der Waals surface area contributed by atoms with Crippen LogP contribution < -0.4 is 43.4 Å². The number of aliphatic hydroxyl groups is 3. The number of amides is 7. The van der Waals surface area contributed by atoms with Crippen LogP contribution in [0, 0.1) is 5.92 Å². The van der Waals surface area contributed by atoms with E-state index in [1.165, 1.54) is 13.8 Å². The highest BCUT2D eigenvalue weighted by Gasteiger charge is 2.35. The van der Waals surface area contributed by atoms with Crippen LogP contribution >= 0.6 is 0 Å². The van der Waals surface area contributed by atoms with Crippen LogP contribution in [-0.2, 0) is 38.4 Å². The normalized spacial score (nSPS) is 16.7. The molecule has 0 aliphatic rings. The lowest BCUT2D eigenvalue weighted by Gasteiger charge is -2.28. The lowest BCUT2D eigenvalue weighted by Crippen LogP contribution is -2.62. The summed E-state index contributed by atoms with van der Waals surface area (Å²) in [5.41, 5.74) is 10.6. The standard InChI is InChI=1S/C28H50N8O12/c1-11(2)9-18(25(44)32-13(4)28(47)48)34-22(41)12(3)31-26(45)20(14(5)38)36-24(43)17(7-8-19(30)40)33-27(46)21(15(6)39)35-23(42)16(29)10-37/h11-18,20-21,37-39H,7-10,29H2,1-6H3,(H2,30,40)(H,31,45)(H,32,44)(H,33,46)(H,34,41)(H,35,42)(H,36,43)(H,47,48)/t12-,13-,14+,15+,16-,17-,18-,20-,21-/m0/s1. The van der Waals surface area contributed by atoms with Crippen molar-refractivity contribution in [1.82, 2.24) is 31.9 Å². The molecule has 0 radical (unpaired) electrons. The van der Waals surface area contributed by atoms with Gasteiger partial charge in [0.25, 0.3) is 0 Å². The van der Waals surface area contributed by atoms with Crippen molar-refractivity contribution in [2.45, 2.75) is 115 Å². The van der Waals surface area contributed by atoms with Gasteiger partial charge in [0, 0.05) is 6.42 Å². The van der Waals surface area contributed by atoms with Crippen molar-refractivity contribution in [2.24, 2.45) is 17.4 Å². The fraction of sp³-hybridized carbons (Fsp3) is 0.714. The van der Waals surface area contributed by atoms with Crippen LogP contribution in [0.1, 0.15) is 60.8 Å². The highest BCUT2D eigenvalue weighted by Crippen LogP contribution is 2.07. The number of aliphatic carboxylic acids is 1. The number of carbonyl (C=O) groups excluding carboxylic acids is 7. The molecule has 0 spiro atoms. The van der Waals surface area contributed by atoms with Crippen molar-refractivity contribution in [2.75, 3.05) is 6.61 Å². The Morgan fingerprint density at radius 2 is 1.04 bits per heavy atom. The van der Waals surface area contributed by atoms with Crippen molar-refractivity contribution >= 4 is 47.3 Å². The summed E-state index contributed by atoms with van der Waals surface area (Å²) in [4.78, 5) is 99.5. The third-order valence-electron chi connectivity index (χ3n) is 6.79. The first-order valence-corrected chi connectivity index (χ1v) is 15.2. The molecular weight excluding hydrogens is 640 g/mol. The predicted octanol–water partition coefficient (Wildman–Crippen LogP) is -5.59. The smallest absolute Gasteiger partial charge is 0.325 e. The van der Waals surface area contributed by atoms with Crippen molar-refractivity contribution < 1.29 is 58.8 Å². The highest BCUT2D eigenvalue weighted by atomic mass is 16.4. The lowest BCUT2D eigenvalue weighted by atomic mass is 10.0. The number of aliphatic hydroxyl groups excluding tert-OH is 3. The van der Waals surface area contributed by atoms with Gasteiger partial charge >= 0.3 is 5.97 Å². The largest absolute Gasteiger partial charge is 0.480 e. The number of primary amides is 1. The highest BCUT2D eigenvalue weighted by molar-refractivity contribution is 5.97. The van der Waals surface area contributed by atoms with Crippen LogP contribution in [0.4, 0.5) is 0 Å². The molecule has 0 aliphatic carbocycles. The summed E-state index contributed by atoms with van der Waals surface area (Å²) < 4.78 is 0. The van der Waals surface area contributed by atoms with Crippen LogP contribution in [-0.4, -0.2) is 129 Å². The maximum atomic E-state index is 13.2. The molecule has 0 saturated carbocycles. The van der Waals surface area contributed by atoms with E-state index in [2.05, 4.69) is 31.9 Å². The molecule has 0 unspecified atom stereocenters.